The molecule has 0 radical (unpaired) electrons. The molecule has 24 heavy (non-hydrogen) atoms. The van der Waals surface area contributed by atoms with Crippen molar-refractivity contribution in [2.45, 2.75) is 57.4 Å². The highest BCUT2D eigenvalue weighted by Crippen LogP contribution is 2.25. The molecule has 1 saturated carbocycles. The van der Waals surface area contributed by atoms with Crippen molar-refractivity contribution in [3.8, 4) is 11.5 Å². The second kappa shape index (κ2) is 12.2. The first kappa shape index (κ1) is 19.1. The lowest BCUT2D eigenvalue weighted by Crippen LogP contribution is -2.30. The average molecular weight is 335 g/mol. The molecule has 0 aliphatic heterocycles. The maximum Gasteiger partial charge on any atom is 0.161 e. The Kier molecular flexibility index (Phi) is 9.66. The summed E-state index contributed by atoms with van der Waals surface area (Å²) in [6.07, 6.45) is 10.9. The van der Waals surface area contributed by atoms with Gasteiger partial charge in [0.1, 0.15) is 6.61 Å². The van der Waals surface area contributed by atoms with Gasteiger partial charge in [-0.1, -0.05) is 37.8 Å². The van der Waals surface area contributed by atoms with Gasteiger partial charge >= 0.3 is 0 Å². The summed E-state index contributed by atoms with van der Waals surface area (Å²) >= 11 is 0. The van der Waals surface area contributed by atoms with E-state index in [1.54, 1.807) is 7.11 Å². The molecule has 4 nitrogen and oxygen atoms in total. The summed E-state index contributed by atoms with van der Waals surface area (Å²) in [4.78, 5) is 0. The molecule has 136 valence electrons. The Bertz CT molecular complexity index is 431. The Morgan fingerprint density at radius 3 is 2.38 bits per heavy atom. The highest BCUT2D eigenvalue weighted by atomic mass is 16.5. The zero-order chi connectivity index (χ0) is 16.9. The van der Waals surface area contributed by atoms with E-state index in [0.29, 0.717) is 6.61 Å². The molecule has 0 spiro atoms. The molecule has 0 aromatic heterocycles. The van der Waals surface area contributed by atoms with Crippen molar-refractivity contribution in [3.63, 3.8) is 0 Å². The molecule has 1 aliphatic rings. The number of rotatable bonds is 11. The Hall–Kier alpha value is -1.26. The molecule has 1 aromatic rings. The van der Waals surface area contributed by atoms with Crippen molar-refractivity contribution in [2.75, 3.05) is 33.4 Å². The highest BCUT2D eigenvalue weighted by Gasteiger charge is 2.10. The Morgan fingerprint density at radius 1 is 0.917 bits per heavy atom. The van der Waals surface area contributed by atoms with Crippen molar-refractivity contribution < 1.29 is 9.47 Å². The van der Waals surface area contributed by atoms with Crippen LogP contribution < -0.4 is 20.1 Å². The predicted molar refractivity (Wildman–Crippen MR) is 100 cm³/mol. The van der Waals surface area contributed by atoms with E-state index in [0.717, 1.165) is 37.2 Å². The molecule has 0 amide bonds. The van der Waals surface area contributed by atoms with Gasteiger partial charge in [-0.2, -0.15) is 0 Å². The third-order valence-electron chi connectivity index (χ3n) is 4.67. The second-order valence-electron chi connectivity index (χ2n) is 6.60. The van der Waals surface area contributed by atoms with Crippen LogP contribution in [0.2, 0.25) is 0 Å². The molecular weight excluding hydrogens is 300 g/mol. The standard InChI is InChI=1S/C20H34N2O2/c1-23-19-12-6-7-13-20(19)24-17-16-21-14-8-9-15-22-18-10-4-2-3-5-11-18/h6-7,12-13,18,21-22H,2-5,8-11,14-17H2,1H3. The van der Waals surface area contributed by atoms with Gasteiger partial charge in [-0.25, -0.2) is 0 Å². The van der Waals surface area contributed by atoms with Crippen LogP contribution >= 0.6 is 0 Å². The Labute approximate surface area is 147 Å². The highest BCUT2D eigenvalue weighted by molar-refractivity contribution is 5.39. The average Bonchev–Trinajstić information content (AvgIpc) is 2.89. The van der Waals surface area contributed by atoms with Crippen LogP contribution in [-0.2, 0) is 0 Å². The normalized spacial score (nSPS) is 15.9. The summed E-state index contributed by atoms with van der Waals surface area (Å²) < 4.78 is 11.0. The largest absolute Gasteiger partial charge is 0.493 e. The maximum atomic E-state index is 5.75. The number of para-hydroxylation sites is 2. The summed E-state index contributed by atoms with van der Waals surface area (Å²) in [5, 5.41) is 7.18. The second-order valence-corrected chi connectivity index (χ2v) is 6.60. The molecule has 0 atom stereocenters. The van der Waals surface area contributed by atoms with Gasteiger partial charge in [0.05, 0.1) is 7.11 Å². The van der Waals surface area contributed by atoms with Gasteiger partial charge in [0.25, 0.3) is 0 Å². The van der Waals surface area contributed by atoms with E-state index in [2.05, 4.69) is 10.6 Å². The molecule has 0 saturated heterocycles. The summed E-state index contributed by atoms with van der Waals surface area (Å²) in [7, 11) is 1.67. The van der Waals surface area contributed by atoms with Crippen LogP contribution in [0.5, 0.6) is 11.5 Å². The number of hydrogen-bond donors (Lipinski definition) is 2. The molecule has 2 N–H and O–H groups in total. The minimum absolute atomic E-state index is 0.667. The fraction of sp³-hybridized carbons (Fsp3) is 0.700. The summed E-state index contributed by atoms with van der Waals surface area (Å²) in [6.45, 7) is 3.75. The number of ether oxygens (including phenoxy) is 2. The van der Waals surface area contributed by atoms with E-state index in [1.807, 2.05) is 24.3 Å². The van der Waals surface area contributed by atoms with E-state index >= 15 is 0 Å². The van der Waals surface area contributed by atoms with Crippen LogP contribution in [-0.4, -0.2) is 39.4 Å². The lowest BCUT2D eigenvalue weighted by molar-refractivity contribution is 0.292. The minimum atomic E-state index is 0.667. The molecule has 2 rings (SSSR count). The first-order valence-electron chi connectivity index (χ1n) is 9.60. The van der Waals surface area contributed by atoms with E-state index in [4.69, 9.17) is 9.47 Å². The first-order valence-corrected chi connectivity index (χ1v) is 9.60. The number of hydrogen-bond acceptors (Lipinski definition) is 4. The van der Waals surface area contributed by atoms with Gasteiger partial charge in [0.15, 0.2) is 11.5 Å². The quantitative estimate of drug-likeness (QED) is 0.478. The molecule has 0 unspecified atom stereocenters. The first-order chi connectivity index (χ1) is 11.9. The monoisotopic (exact) mass is 334 g/mol. The van der Waals surface area contributed by atoms with Crippen LogP contribution in [0.15, 0.2) is 24.3 Å². The van der Waals surface area contributed by atoms with Gasteiger partial charge in [0.2, 0.25) is 0 Å². The lowest BCUT2D eigenvalue weighted by atomic mass is 10.1. The van der Waals surface area contributed by atoms with Crippen LogP contribution in [0.1, 0.15) is 51.4 Å². The fourth-order valence-corrected chi connectivity index (χ4v) is 3.26. The SMILES string of the molecule is COc1ccccc1OCCNCCCCNC1CCCCCC1. The lowest BCUT2D eigenvalue weighted by Gasteiger charge is -2.16. The van der Waals surface area contributed by atoms with E-state index in [9.17, 15) is 0 Å². The van der Waals surface area contributed by atoms with Crippen LogP contribution in [0, 0.1) is 0 Å². The van der Waals surface area contributed by atoms with Gasteiger partial charge in [-0.15, -0.1) is 0 Å². The summed E-state index contributed by atoms with van der Waals surface area (Å²) in [5.74, 6) is 1.61. The zero-order valence-electron chi connectivity index (χ0n) is 15.2. The van der Waals surface area contributed by atoms with Crippen molar-refractivity contribution in [1.82, 2.24) is 10.6 Å². The molecule has 1 fully saturated rings. The van der Waals surface area contributed by atoms with Crippen molar-refractivity contribution in [3.05, 3.63) is 24.3 Å². The Balaban J connectivity index is 1.42. The summed E-state index contributed by atoms with van der Waals surface area (Å²) in [6, 6.07) is 8.55. The molecular formula is C20H34N2O2. The molecule has 1 aliphatic carbocycles. The minimum Gasteiger partial charge on any atom is -0.493 e. The fourth-order valence-electron chi connectivity index (χ4n) is 3.26. The zero-order valence-corrected chi connectivity index (χ0v) is 15.2. The molecule has 1 aromatic carbocycles. The van der Waals surface area contributed by atoms with E-state index in [-0.39, 0.29) is 0 Å². The van der Waals surface area contributed by atoms with Gasteiger partial charge < -0.3 is 20.1 Å². The number of nitrogens with one attached hydrogen (secondary N) is 2. The number of methoxy groups -OCH3 is 1. The van der Waals surface area contributed by atoms with E-state index < -0.39 is 0 Å². The molecule has 0 bridgehead atoms. The van der Waals surface area contributed by atoms with Crippen molar-refractivity contribution in [2.24, 2.45) is 0 Å². The summed E-state index contributed by atoms with van der Waals surface area (Å²) in [5.41, 5.74) is 0. The van der Waals surface area contributed by atoms with Crippen LogP contribution in [0.3, 0.4) is 0 Å². The van der Waals surface area contributed by atoms with Gasteiger partial charge in [-0.3, -0.25) is 0 Å². The smallest absolute Gasteiger partial charge is 0.161 e. The molecule has 4 heteroatoms. The van der Waals surface area contributed by atoms with Crippen molar-refractivity contribution >= 4 is 0 Å². The van der Waals surface area contributed by atoms with Crippen molar-refractivity contribution in [1.29, 1.82) is 0 Å². The van der Waals surface area contributed by atoms with Crippen LogP contribution in [0.25, 0.3) is 0 Å². The number of unbranched alkanes of at least 4 members (excludes halogenated alkanes) is 1. The number of benzene rings is 1. The third kappa shape index (κ3) is 7.54. The Morgan fingerprint density at radius 2 is 1.62 bits per heavy atom. The van der Waals surface area contributed by atoms with E-state index in [1.165, 1.54) is 51.4 Å². The predicted octanol–water partition coefficient (Wildman–Crippen LogP) is 3.76. The molecule has 0 heterocycles. The topological polar surface area (TPSA) is 42.5 Å². The maximum absolute atomic E-state index is 5.75. The third-order valence-corrected chi connectivity index (χ3v) is 4.67. The van der Waals surface area contributed by atoms with Crippen LogP contribution in [0.4, 0.5) is 0 Å². The van der Waals surface area contributed by atoms with Gasteiger partial charge in [-0.05, 0) is 50.9 Å². The van der Waals surface area contributed by atoms with Gasteiger partial charge in [0, 0.05) is 12.6 Å².